The van der Waals surface area contributed by atoms with Gasteiger partial charge in [-0.05, 0) is 12.5 Å². The number of nitrogens with one attached hydrogen (secondary N) is 1. The van der Waals surface area contributed by atoms with E-state index in [-0.39, 0.29) is 15.8 Å². The van der Waals surface area contributed by atoms with Crippen LogP contribution in [0.5, 0.6) is 0 Å². The maximum atomic E-state index is 11.8. The molecule has 1 atom stereocenters. The van der Waals surface area contributed by atoms with Gasteiger partial charge in [0.25, 0.3) is 0 Å². The molecule has 4 nitrogen and oxygen atoms in total. The molecule has 0 fully saturated rings. The molecule has 1 heterocycles. The van der Waals surface area contributed by atoms with Crippen molar-refractivity contribution in [1.82, 2.24) is 4.72 Å². The van der Waals surface area contributed by atoms with E-state index in [1.165, 1.54) is 6.07 Å². The maximum absolute atomic E-state index is 11.8. The Bertz CT molecular complexity index is 454. The Morgan fingerprint density at radius 2 is 2.19 bits per heavy atom. The lowest BCUT2D eigenvalue weighted by Gasteiger charge is -2.13. The second-order valence-corrected chi connectivity index (χ2v) is 7.07. The molecule has 0 aromatic carbocycles. The lowest BCUT2D eigenvalue weighted by atomic mass is 10.3. The molecule has 16 heavy (non-hydrogen) atoms. The predicted octanol–water partition coefficient (Wildman–Crippen LogP) is 2.10. The number of aliphatic hydroxyl groups is 1. The monoisotopic (exact) mass is 303 g/mol. The summed E-state index contributed by atoms with van der Waals surface area (Å²) in [5.74, 6) is 0. The van der Waals surface area contributed by atoms with E-state index in [0.717, 1.165) is 11.3 Å². The number of sulfonamides is 1. The molecule has 0 radical (unpaired) electrons. The Morgan fingerprint density at radius 3 is 2.56 bits per heavy atom. The lowest BCUT2D eigenvalue weighted by Crippen LogP contribution is -2.36. The summed E-state index contributed by atoms with van der Waals surface area (Å²) >= 11 is 12.4. The predicted molar refractivity (Wildman–Crippen MR) is 65.8 cm³/mol. The highest BCUT2D eigenvalue weighted by atomic mass is 35.5. The number of hydrogen-bond acceptors (Lipinski definition) is 4. The lowest BCUT2D eigenvalue weighted by molar-refractivity contribution is 0.254. The Balaban J connectivity index is 2.98. The zero-order valence-corrected chi connectivity index (χ0v) is 11.5. The SMILES string of the molecule is CC[C@@H](CO)NS(=O)(=O)c1cc(Cl)sc1Cl. The quantitative estimate of drug-likeness (QED) is 0.875. The Kier molecular flexibility index (Phi) is 5.03. The molecule has 0 aliphatic heterocycles. The molecule has 8 heteroatoms. The summed E-state index contributed by atoms with van der Waals surface area (Å²) in [4.78, 5) is -0.0453. The molecule has 1 rings (SSSR count). The van der Waals surface area contributed by atoms with Crippen LogP contribution in [0.15, 0.2) is 11.0 Å². The highest BCUT2D eigenvalue weighted by molar-refractivity contribution is 7.89. The minimum Gasteiger partial charge on any atom is -0.395 e. The maximum Gasteiger partial charge on any atom is 0.243 e. The van der Waals surface area contributed by atoms with Crippen LogP contribution in [0, 0.1) is 0 Å². The van der Waals surface area contributed by atoms with Gasteiger partial charge in [0, 0.05) is 6.04 Å². The number of halogens is 2. The van der Waals surface area contributed by atoms with Gasteiger partial charge in [0.05, 0.1) is 10.9 Å². The van der Waals surface area contributed by atoms with Crippen LogP contribution in [0.1, 0.15) is 13.3 Å². The first-order chi connectivity index (χ1) is 7.40. The Morgan fingerprint density at radius 1 is 1.56 bits per heavy atom. The van der Waals surface area contributed by atoms with E-state index in [4.69, 9.17) is 28.3 Å². The van der Waals surface area contributed by atoms with E-state index < -0.39 is 16.1 Å². The van der Waals surface area contributed by atoms with Gasteiger partial charge >= 0.3 is 0 Å². The molecule has 0 bridgehead atoms. The molecule has 0 amide bonds. The number of aliphatic hydroxyl groups excluding tert-OH is 1. The molecule has 1 aromatic rings. The van der Waals surface area contributed by atoms with Crippen molar-refractivity contribution in [3.63, 3.8) is 0 Å². The van der Waals surface area contributed by atoms with Crippen molar-refractivity contribution >= 4 is 44.6 Å². The average Bonchev–Trinajstić information content (AvgIpc) is 2.55. The molecular weight excluding hydrogens is 293 g/mol. The van der Waals surface area contributed by atoms with E-state index in [2.05, 4.69) is 4.72 Å². The van der Waals surface area contributed by atoms with Gasteiger partial charge in [0.15, 0.2) is 0 Å². The van der Waals surface area contributed by atoms with E-state index in [9.17, 15) is 8.42 Å². The minimum atomic E-state index is -3.71. The standard InChI is InChI=1S/C8H11Cl2NO3S2/c1-2-5(4-12)11-16(13,14)6-3-7(9)15-8(6)10/h3,5,11-12H,2,4H2,1H3/t5-/m0/s1. The van der Waals surface area contributed by atoms with Crippen LogP contribution in [-0.2, 0) is 10.0 Å². The first-order valence-corrected chi connectivity index (χ1v) is 7.54. The van der Waals surface area contributed by atoms with Gasteiger partial charge in [-0.25, -0.2) is 13.1 Å². The zero-order chi connectivity index (χ0) is 12.3. The fourth-order valence-electron chi connectivity index (χ4n) is 1.04. The van der Waals surface area contributed by atoms with Gasteiger partial charge < -0.3 is 5.11 Å². The minimum absolute atomic E-state index is 0.0453. The van der Waals surface area contributed by atoms with Gasteiger partial charge in [-0.3, -0.25) is 0 Å². The highest BCUT2D eigenvalue weighted by Crippen LogP contribution is 2.34. The summed E-state index contributed by atoms with van der Waals surface area (Å²) in [6.45, 7) is 1.51. The zero-order valence-electron chi connectivity index (χ0n) is 8.41. The third kappa shape index (κ3) is 3.32. The fraction of sp³-hybridized carbons (Fsp3) is 0.500. The van der Waals surface area contributed by atoms with Crippen LogP contribution in [-0.4, -0.2) is 26.2 Å². The molecule has 2 N–H and O–H groups in total. The van der Waals surface area contributed by atoms with Gasteiger partial charge in [0.2, 0.25) is 10.0 Å². The molecule has 0 aliphatic rings. The molecular formula is C8H11Cl2NO3S2. The third-order valence-electron chi connectivity index (χ3n) is 1.95. The number of hydrogen-bond donors (Lipinski definition) is 2. The molecule has 92 valence electrons. The second kappa shape index (κ2) is 5.66. The van der Waals surface area contributed by atoms with Crippen LogP contribution < -0.4 is 4.72 Å². The first kappa shape index (κ1) is 14.2. The van der Waals surface area contributed by atoms with Gasteiger partial charge in [-0.2, -0.15) is 0 Å². The van der Waals surface area contributed by atoms with Crippen molar-refractivity contribution in [1.29, 1.82) is 0 Å². The summed E-state index contributed by atoms with van der Waals surface area (Å²) in [6.07, 6.45) is 0.491. The van der Waals surface area contributed by atoms with Crippen LogP contribution in [0.25, 0.3) is 0 Å². The van der Waals surface area contributed by atoms with Crippen LogP contribution in [0.3, 0.4) is 0 Å². The van der Waals surface area contributed by atoms with Crippen LogP contribution >= 0.6 is 34.5 Å². The summed E-state index contributed by atoms with van der Waals surface area (Å²) < 4.78 is 26.4. The van der Waals surface area contributed by atoms with Crippen molar-refractivity contribution in [3.8, 4) is 0 Å². The number of rotatable bonds is 5. The molecule has 0 aliphatic carbocycles. The summed E-state index contributed by atoms with van der Waals surface area (Å²) in [5.41, 5.74) is 0. The first-order valence-electron chi connectivity index (χ1n) is 4.48. The molecule has 0 saturated carbocycles. The third-order valence-corrected chi connectivity index (χ3v) is 5.22. The van der Waals surface area contributed by atoms with Crippen molar-refractivity contribution in [3.05, 3.63) is 14.7 Å². The van der Waals surface area contributed by atoms with Crippen molar-refractivity contribution in [2.75, 3.05) is 6.61 Å². The van der Waals surface area contributed by atoms with Crippen LogP contribution in [0.4, 0.5) is 0 Å². The van der Waals surface area contributed by atoms with E-state index in [0.29, 0.717) is 10.8 Å². The van der Waals surface area contributed by atoms with Crippen molar-refractivity contribution in [2.45, 2.75) is 24.3 Å². The highest BCUT2D eigenvalue weighted by Gasteiger charge is 2.23. The van der Waals surface area contributed by atoms with E-state index in [1.807, 2.05) is 0 Å². The Labute approximate surface area is 108 Å². The largest absolute Gasteiger partial charge is 0.395 e. The molecule has 0 unspecified atom stereocenters. The van der Waals surface area contributed by atoms with Gasteiger partial charge in [-0.15, -0.1) is 11.3 Å². The normalized spacial score (nSPS) is 14.0. The Hall–Kier alpha value is 0.150. The molecule has 0 spiro atoms. The van der Waals surface area contributed by atoms with Gasteiger partial charge in [0.1, 0.15) is 9.23 Å². The smallest absolute Gasteiger partial charge is 0.243 e. The fourth-order valence-corrected chi connectivity index (χ4v) is 4.50. The van der Waals surface area contributed by atoms with Gasteiger partial charge in [-0.1, -0.05) is 30.1 Å². The molecule has 0 saturated heterocycles. The summed E-state index contributed by atoms with van der Waals surface area (Å²) in [7, 11) is -3.71. The van der Waals surface area contributed by atoms with Crippen molar-refractivity contribution in [2.24, 2.45) is 0 Å². The van der Waals surface area contributed by atoms with Crippen molar-refractivity contribution < 1.29 is 13.5 Å². The summed E-state index contributed by atoms with van der Waals surface area (Å²) in [6, 6.07) is 0.779. The van der Waals surface area contributed by atoms with E-state index >= 15 is 0 Å². The summed E-state index contributed by atoms with van der Waals surface area (Å²) in [5, 5.41) is 8.93. The molecule has 1 aromatic heterocycles. The second-order valence-electron chi connectivity index (χ2n) is 3.10. The average molecular weight is 304 g/mol. The topological polar surface area (TPSA) is 66.4 Å². The number of thiophene rings is 1. The van der Waals surface area contributed by atoms with Crippen LogP contribution in [0.2, 0.25) is 8.67 Å². The van der Waals surface area contributed by atoms with E-state index in [1.54, 1.807) is 6.92 Å².